The van der Waals surface area contributed by atoms with Crippen LogP contribution in [-0.2, 0) is 10.4 Å². The average molecular weight is 540 g/mol. The van der Waals surface area contributed by atoms with Gasteiger partial charge in [-0.1, -0.05) is 41.9 Å². The lowest BCUT2D eigenvalue weighted by atomic mass is 9.90. The van der Waals surface area contributed by atoms with Crippen LogP contribution in [-0.4, -0.2) is 90.2 Å². The number of piperidine rings is 1. The first-order valence-electron chi connectivity index (χ1n) is 12.0. The molecule has 4 rings (SSSR count). The molecule has 0 spiro atoms. The highest BCUT2D eigenvalue weighted by Gasteiger charge is 2.62. The molecule has 2 aliphatic heterocycles. The molecule has 0 aliphatic carbocycles. The molecule has 2 heterocycles. The standard InChI is InChI=1S/C26H29ClF3N3O4/c1-31(2)23(34)21-9-8-19(14-22(21)27)37-20-15-33(16-20)18-10-12-32(13-11-18)24(35)25(36,26(28,29)30)17-6-4-3-5-7-17/h3-9,14,18,20,36H,10-13,15-16H2,1-2H3/t25-/m1/s1. The van der Waals surface area contributed by atoms with E-state index in [0.717, 1.165) is 17.0 Å². The van der Waals surface area contributed by atoms with Gasteiger partial charge in [-0.3, -0.25) is 14.5 Å². The second-order valence-corrected chi connectivity index (χ2v) is 10.0. The second-order valence-electron chi connectivity index (χ2n) is 9.63. The van der Waals surface area contributed by atoms with Crippen molar-refractivity contribution in [2.45, 2.75) is 36.8 Å². The molecule has 0 bridgehead atoms. The number of rotatable bonds is 6. The molecule has 37 heavy (non-hydrogen) atoms. The molecule has 0 radical (unpaired) electrons. The number of carbonyl (C=O) groups is 2. The van der Waals surface area contributed by atoms with Gasteiger partial charge < -0.3 is 19.6 Å². The number of likely N-dealkylation sites (tertiary alicyclic amines) is 2. The molecule has 0 unspecified atom stereocenters. The van der Waals surface area contributed by atoms with Crippen LogP contribution >= 0.6 is 11.6 Å². The molecule has 200 valence electrons. The Morgan fingerprint density at radius 2 is 1.68 bits per heavy atom. The number of hydrogen-bond acceptors (Lipinski definition) is 5. The summed E-state index contributed by atoms with van der Waals surface area (Å²) < 4.78 is 47.5. The van der Waals surface area contributed by atoms with Crippen LogP contribution in [0.4, 0.5) is 13.2 Å². The number of ether oxygens (including phenoxy) is 1. The van der Waals surface area contributed by atoms with Gasteiger partial charge in [-0.05, 0) is 31.0 Å². The smallest absolute Gasteiger partial charge is 0.430 e. The minimum Gasteiger partial charge on any atom is -0.488 e. The van der Waals surface area contributed by atoms with Crippen LogP contribution in [0.3, 0.4) is 0 Å². The minimum atomic E-state index is -5.15. The Kier molecular flexibility index (Phi) is 7.73. The van der Waals surface area contributed by atoms with Gasteiger partial charge in [0, 0.05) is 51.9 Å². The van der Waals surface area contributed by atoms with E-state index >= 15 is 0 Å². The topological polar surface area (TPSA) is 73.3 Å². The Morgan fingerprint density at radius 3 is 2.22 bits per heavy atom. The average Bonchev–Trinajstić information content (AvgIpc) is 2.84. The van der Waals surface area contributed by atoms with Crippen LogP contribution in [0.25, 0.3) is 0 Å². The minimum absolute atomic E-state index is 0.0838. The Balaban J connectivity index is 1.30. The molecule has 1 atom stereocenters. The van der Waals surface area contributed by atoms with E-state index < -0.39 is 23.2 Å². The number of aliphatic hydroxyl groups is 1. The van der Waals surface area contributed by atoms with Crippen molar-refractivity contribution in [3.8, 4) is 5.75 Å². The first-order valence-corrected chi connectivity index (χ1v) is 12.4. The highest BCUT2D eigenvalue weighted by Crippen LogP contribution is 2.41. The fourth-order valence-corrected chi connectivity index (χ4v) is 5.02. The van der Waals surface area contributed by atoms with Crippen molar-refractivity contribution in [3.05, 3.63) is 64.7 Å². The highest BCUT2D eigenvalue weighted by atomic mass is 35.5. The monoisotopic (exact) mass is 539 g/mol. The van der Waals surface area contributed by atoms with Crippen molar-refractivity contribution in [2.75, 3.05) is 40.3 Å². The molecule has 7 nitrogen and oxygen atoms in total. The van der Waals surface area contributed by atoms with Gasteiger partial charge in [-0.25, -0.2) is 0 Å². The largest absolute Gasteiger partial charge is 0.488 e. The summed E-state index contributed by atoms with van der Waals surface area (Å²) in [6.45, 7) is 1.50. The van der Waals surface area contributed by atoms with E-state index in [-0.39, 0.29) is 31.1 Å². The maximum Gasteiger partial charge on any atom is 0.430 e. The Hall–Kier alpha value is -2.82. The molecule has 11 heteroatoms. The Labute approximate surface area is 218 Å². The molecular weight excluding hydrogens is 511 g/mol. The zero-order chi connectivity index (χ0) is 27.0. The van der Waals surface area contributed by atoms with Gasteiger partial charge in [-0.15, -0.1) is 0 Å². The Morgan fingerprint density at radius 1 is 1.05 bits per heavy atom. The van der Waals surface area contributed by atoms with Gasteiger partial charge in [-0.2, -0.15) is 13.2 Å². The lowest BCUT2D eigenvalue weighted by Crippen LogP contribution is -2.62. The summed E-state index contributed by atoms with van der Waals surface area (Å²) in [6.07, 6.45) is -4.24. The van der Waals surface area contributed by atoms with Crippen LogP contribution in [0, 0.1) is 0 Å². The highest BCUT2D eigenvalue weighted by molar-refractivity contribution is 6.34. The van der Waals surface area contributed by atoms with Crippen molar-refractivity contribution in [1.29, 1.82) is 0 Å². The van der Waals surface area contributed by atoms with E-state index in [1.807, 2.05) is 0 Å². The fraction of sp³-hybridized carbons (Fsp3) is 0.462. The first-order chi connectivity index (χ1) is 17.4. The normalized spacial score (nSPS) is 19.2. The lowest BCUT2D eigenvalue weighted by molar-refractivity contribution is -0.262. The fourth-order valence-electron chi connectivity index (χ4n) is 4.77. The van der Waals surface area contributed by atoms with E-state index in [0.29, 0.717) is 42.3 Å². The summed E-state index contributed by atoms with van der Waals surface area (Å²) in [5.74, 6) is -0.992. The van der Waals surface area contributed by atoms with Gasteiger partial charge in [0.2, 0.25) is 0 Å². The van der Waals surface area contributed by atoms with Crippen molar-refractivity contribution >= 4 is 23.4 Å². The van der Waals surface area contributed by atoms with Crippen LogP contribution in [0.2, 0.25) is 5.02 Å². The van der Waals surface area contributed by atoms with Crippen LogP contribution < -0.4 is 4.74 Å². The van der Waals surface area contributed by atoms with E-state index in [1.54, 1.807) is 32.3 Å². The van der Waals surface area contributed by atoms with Gasteiger partial charge in [0.1, 0.15) is 11.9 Å². The quantitative estimate of drug-likeness (QED) is 0.608. The summed E-state index contributed by atoms with van der Waals surface area (Å²) in [6, 6.07) is 11.5. The number of carbonyl (C=O) groups excluding carboxylic acids is 2. The first kappa shape index (κ1) is 27.2. The molecule has 0 aromatic heterocycles. The number of alkyl halides is 3. The summed E-state index contributed by atoms with van der Waals surface area (Å²) in [5.41, 5.74) is -3.68. The summed E-state index contributed by atoms with van der Waals surface area (Å²) in [7, 11) is 3.29. The predicted molar refractivity (Wildman–Crippen MR) is 131 cm³/mol. The number of hydrogen-bond donors (Lipinski definition) is 1. The molecule has 2 saturated heterocycles. The SMILES string of the molecule is CN(C)C(=O)c1ccc(OC2CN(C3CCN(C(=O)[C@](O)(c4ccccc4)C(F)(F)F)CC3)C2)cc1Cl. The molecular formula is C26H29ClF3N3O4. The maximum atomic E-state index is 13.9. The Bertz CT molecular complexity index is 1130. The molecule has 1 N–H and O–H groups in total. The van der Waals surface area contributed by atoms with Crippen LogP contribution in [0.1, 0.15) is 28.8 Å². The lowest BCUT2D eigenvalue weighted by Gasteiger charge is -2.47. The third-order valence-corrected chi connectivity index (χ3v) is 7.25. The molecule has 2 aliphatic rings. The van der Waals surface area contributed by atoms with Crippen molar-refractivity contribution < 1.29 is 32.6 Å². The molecule has 2 amide bonds. The van der Waals surface area contributed by atoms with E-state index in [9.17, 15) is 27.9 Å². The van der Waals surface area contributed by atoms with Crippen molar-refractivity contribution in [3.63, 3.8) is 0 Å². The second kappa shape index (κ2) is 10.5. The van der Waals surface area contributed by atoms with Crippen molar-refractivity contribution in [2.24, 2.45) is 0 Å². The van der Waals surface area contributed by atoms with Gasteiger partial charge >= 0.3 is 6.18 Å². The van der Waals surface area contributed by atoms with Crippen LogP contribution in [0.15, 0.2) is 48.5 Å². The molecule has 2 fully saturated rings. The summed E-state index contributed by atoms with van der Waals surface area (Å²) in [5, 5.41) is 10.9. The van der Waals surface area contributed by atoms with Gasteiger partial charge in [0.05, 0.1) is 10.6 Å². The summed E-state index contributed by atoms with van der Waals surface area (Å²) in [4.78, 5) is 29.7. The molecule has 2 aromatic rings. The van der Waals surface area contributed by atoms with Gasteiger partial charge in [0.15, 0.2) is 0 Å². The number of amides is 2. The number of halogens is 4. The molecule has 0 saturated carbocycles. The summed E-state index contributed by atoms with van der Waals surface area (Å²) >= 11 is 6.24. The van der Waals surface area contributed by atoms with E-state index in [1.165, 1.54) is 23.1 Å². The van der Waals surface area contributed by atoms with E-state index in [2.05, 4.69) is 4.90 Å². The maximum absolute atomic E-state index is 13.9. The van der Waals surface area contributed by atoms with Crippen LogP contribution in [0.5, 0.6) is 5.75 Å². The van der Waals surface area contributed by atoms with Crippen molar-refractivity contribution in [1.82, 2.24) is 14.7 Å². The third-order valence-electron chi connectivity index (χ3n) is 6.94. The zero-order valence-electron chi connectivity index (χ0n) is 20.5. The molecule has 2 aromatic carbocycles. The third kappa shape index (κ3) is 5.42. The predicted octanol–water partition coefficient (Wildman–Crippen LogP) is 3.55. The van der Waals surface area contributed by atoms with Gasteiger partial charge in [0.25, 0.3) is 17.4 Å². The zero-order valence-corrected chi connectivity index (χ0v) is 21.3. The number of nitrogens with zero attached hydrogens (tertiary/aromatic N) is 3. The van der Waals surface area contributed by atoms with E-state index in [4.69, 9.17) is 16.3 Å². The number of benzene rings is 2.